The van der Waals surface area contributed by atoms with Crippen molar-refractivity contribution in [3.05, 3.63) is 0 Å². The lowest BCUT2D eigenvalue weighted by atomic mass is 10.1. The predicted octanol–water partition coefficient (Wildman–Crippen LogP) is 3.33. The molecule has 0 spiro atoms. The number of hydrogen-bond donors (Lipinski definition) is 0. The highest BCUT2D eigenvalue weighted by atomic mass is 79.9. The lowest BCUT2D eigenvalue weighted by molar-refractivity contribution is 0.667. The van der Waals surface area contributed by atoms with Crippen molar-refractivity contribution in [3.8, 4) is 0 Å². The Morgan fingerprint density at radius 3 is 1.88 bits per heavy atom. The van der Waals surface area contributed by atoms with E-state index in [9.17, 15) is 0 Å². The Morgan fingerprint density at radius 2 is 1.88 bits per heavy atom. The van der Waals surface area contributed by atoms with E-state index in [-0.39, 0.29) is 4.32 Å². The molecular formula is C6H12Br2. The second kappa shape index (κ2) is 3.21. The van der Waals surface area contributed by atoms with Crippen molar-refractivity contribution in [2.24, 2.45) is 0 Å². The molecule has 0 aromatic rings. The average molecular weight is 244 g/mol. The quantitative estimate of drug-likeness (QED) is 0.653. The van der Waals surface area contributed by atoms with E-state index < -0.39 is 0 Å². The van der Waals surface area contributed by atoms with Crippen molar-refractivity contribution in [2.75, 3.05) is 0 Å². The van der Waals surface area contributed by atoms with Gasteiger partial charge in [-0.15, -0.1) is 0 Å². The van der Waals surface area contributed by atoms with Crippen LogP contribution in [0.4, 0.5) is 0 Å². The number of halogens is 2. The fourth-order valence-corrected chi connectivity index (χ4v) is 0.809. The van der Waals surface area contributed by atoms with E-state index in [1.807, 2.05) is 0 Å². The lowest BCUT2D eigenvalue weighted by Crippen LogP contribution is -2.22. The van der Waals surface area contributed by atoms with Crippen molar-refractivity contribution in [3.63, 3.8) is 0 Å². The zero-order chi connectivity index (χ0) is 6.78. The molecule has 0 rings (SSSR count). The smallest absolute Gasteiger partial charge is 0.0326 e. The van der Waals surface area contributed by atoms with Crippen LogP contribution in [0, 0.1) is 0 Å². The Morgan fingerprint density at radius 1 is 1.50 bits per heavy atom. The van der Waals surface area contributed by atoms with E-state index in [0.29, 0.717) is 4.83 Å². The van der Waals surface area contributed by atoms with Gasteiger partial charge in [0, 0.05) is 9.15 Å². The largest absolute Gasteiger partial charge is 0.0876 e. The highest BCUT2D eigenvalue weighted by molar-refractivity contribution is 9.12. The monoisotopic (exact) mass is 242 g/mol. The summed E-state index contributed by atoms with van der Waals surface area (Å²) in [5.41, 5.74) is 0. The maximum absolute atomic E-state index is 3.56. The summed E-state index contributed by atoms with van der Waals surface area (Å²) in [7, 11) is 0. The molecule has 0 amide bonds. The first-order chi connectivity index (χ1) is 3.48. The van der Waals surface area contributed by atoms with Gasteiger partial charge in [-0.1, -0.05) is 38.8 Å². The summed E-state index contributed by atoms with van der Waals surface area (Å²) in [4.78, 5) is 0.579. The highest BCUT2D eigenvalue weighted by Gasteiger charge is 2.21. The van der Waals surface area contributed by atoms with Crippen LogP contribution >= 0.6 is 31.9 Å². The minimum Gasteiger partial charge on any atom is -0.0876 e. The topological polar surface area (TPSA) is 0 Å². The maximum atomic E-state index is 3.56. The second-order valence-corrected chi connectivity index (χ2v) is 5.59. The van der Waals surface area contributed by atoms with Crippen LogP contribution in [-0.4, -0.2) is 9.15 Å². The molecule has 0 radical (unpaired) electrons. The van der Waals surface area contributed by atoms with Gasteiger partial charge in [-0.25, -0.2) is 0 Å². The zero-order valence-corrected chi connectivity index (χ0v) is 8.71. The molecule has 0 aromatic carbocycles. The molecule has 0 bridgehead atoms. The van der Waals surface area contributed by atoms with Crippen LogP contribution in [-0.2, 0) is 0 Å². The summed E-state index contributed by atoms with van der Waals surface area (Å²) in [6.45, 7) is 6.49. The van der Waals surface area contributed by atoms with Gasteiger partial charge in [0.15, 0.2) is 0 Å². The van der Waals surface area contributed by atoms with Crippen LogP contribution in [0.5, 0.6) is 0 Å². The van der Waals surface area contributed by atoms with E-state index in [2.05, 4.69) is 52.6 Å². The maximum Gasteiger partial charge on any atom is 0.0326 e. The minimum absolute atomic E-state index is 0.238. The molecule has 0 N–H and O–H groups in total. The standard InChI is InChI=1S/C6H12Br2/c1-4-5(7)6(2,3)8/h5H,4H2,1-3H3. The van der Waals surface area contributed by atoms with Gasteiger partial charge in [-0.3, -0.25) is 0 Å². The van der Waals surface area contributed by atoms with Gasteiger partial charge in [0.25, 0.3) is 0 Å². The molecular weight excluding hydrogens is 232 g/mol. The first-order valence-electron chi connectivity index (χ1n) is 2.81. The third-order valence-electron chi connectivity index (χ3n) is 1.10. The van der Waals surface area contributed by atoms with Gasteiger partial charge < -0.3 is 0 Å². The van der Waals surface area contributed by atoms with Gasteiger partial charge in [-0.05, 0) is 20.3 Å². The molecule has 0 fully saturated rings. The van der Waals surface area contributed by atoms with E-state index in [1.165, 1.54) is 0 Å². The number of alkyl halides is 2. The molecule has 0 aromatic heterocycles. The van der Waals surface area contributed by atoms with Crippen LogP contribution in [0.25, 0.3) is 0 Å². The molecule has 50 valence electrons. The third kappa shape index (κ3) is 3.08. The Hall–Kier alpha value is 0.960. The van der Waals surface area contributed by atoms with Crippen molar-refractivity contribution < 1.29 is 0 Å². The molecule has 0 aliphatic carbocycles. The van der Waals surface area contributed by atoms with Gasteiger partial charge in [0.05, 0.1) is 0 Å². The van der Waals surface area contributed by atoms with Crippen LogP contribution in [0.2, 0.25) is 0 Å². The van der Waals surface area contributed by atoms with Gasteiger partial charge in [0.1, 0.15) is 0 Å². The van der Waals surface area contributed by atoms with Crippen molar-refractivity contribution >= 4 is 31.9 Å². The molecule has 0 saturated heterocycles. The summed E-state index contributed by atoms with van der Waals surface area (Å²) in [5.74, 6) is 0. The van der Waals surface area contributed by atoms with Crippen molar-refractivity contribution in [1.82, 2.24) is 0 Å². The van der Waals surface area contributed by atoms with E-state index in [4.69, 9.17) is 0 Å². The molecule has 0 nitrogen and oxygen atoms in total. The summed E-state index contributed by atoms with van der Waals surface area (Å²) in [6, 6.07) is 0. The van der Waals surface area contributed by atoms with Crippen LogP contribution in [0.3, 0.4) is 0 Å². The Kier molecular flexibility index (Phi) is 3.60. The first-order valence-corrected chi connectivity index (χ1v) is 4.52. The molecule has 0 aliphatic heterocycles. The normalized spacial score (nSPS) is 16.1. The average Bonchev–Trinajstić information content (AvgIpc) is 1.62. The van der Waals surface area contributed by atoms with Gasteiger partial charge >= 0.3 is 0 Å². The Labute approximate surface area is 68.3 Å². The molecule has 0 heterocycles. The minimum atomic E-state index is 0.238. The molecule has 0 aliphatic rings. The Balaban J connectivity index is 3.62. The Bertz CT molecular complexity index is 63.4. The second-order valence-electron chi connectivity index (χ2n) is 2.44. The predicted molar refractivity (Wildman–Crippen MR) is 46.0 cm³/mol. The summed E-state index contributed by atoms with van der Waals surface area (Å²) < 4.78 is 0.238. The summed E-state index contributed by atoms with van der Waals surface area (Å²) in [5, 5.41) is 0. The zero-order valence-electron chi connectivity index (χ0n) is 5.54. The fourth-order valence-electron chi connectivity index (χ4n) is 0.485. The molecule has 1 unspecified atom stereocenters. The van der Waals surface area contributed by atoms with Crippen molar-refractivity contribution in [1.29, 1.82) is 0 Å². The molecule has 1 atom stereocenters. The molecule has 2 heteroatoms. The van der Waals surface area contributed by atoms with Gasteiger partial charge in [-0.2, -0.15) is 0 Å². The van der Waals surface area contributed by atoms with E-state index in [0.717, 1.165) is 6.42 Å². The number of rotatable bonds is 2. The molecule has 8 heavy (non-hydrogen) atoms. The summed E-state index contributed by atoms with van der Waals surface area (Å²) in [6.07, 6.45) is 1.16. The van der Waals surface area contributed by atoms with E-state index in [1.54, 1.807) is 0 Å². The number of hydrogen-bond acceptors (Lipinski definition) is 0. The fraction of sp³-hybridized carbons (Fsp3) is 1.00. The molecule has 0 saturated carbocycles. The first kappa shape index (κ1) is 8.96. The lowest BCUT2D eigenvalue weighted by Gasteiger charge is -2.21. The highest BCUT2D eigenvalue weighted by Crippen LogP contribution is 2.28. The van der Waals surface area contributed by atoms with Crippen LogP contribution in [0.1, 0.15) is 27.2 Å². The SMILES string of the molecule is CCC(Br)C(C)(C)Br. The summed E-state index contributed by atoms with van der Waals surface area (Å²) >= 11 is 7.11. The van der Waals surface area contributed by atoms with E-state index >= 15 is 0 Å². The van der Waals surface area contributed by atoms with Crippen LogP contribution < -0.4 is 0 Å². The van der Waals surface area contributed by atoms with Crippen LogP contribution in [0.15, 0.2) is 0 Å². The van der Waals surface area contributed by atoms with Gasteiger partial charge in [0.2, 0.25) is 0 Å². The van der Waals surface area contributed by atoms with Crippen molar-refractivity contribution in [2.45, 2.75) is 36.3 Å². The third-order valence-corrected chi connectivity index (χ3v) is 4.06.